The predicted octanol–water partition coefficient (Wildman–Crippen LogP) is 5.12. The smallest absolute Gasteiger partial charge is 0.319 e. The summed E-state index contributed by atoms with van der Waals surface area (Å²) in [6.07, 6.45) is 5.09. The summed E-state index contributed by atoms with van der Waals surface area (Å²) >= 11 is 0. The van der Waals surface area contributed by atoms with E-state index in [-0.39, 0.29) is 71.1 Å². The normalized spacial score (nSPS) is 22.4. The summed E-state index contributed by atoms with van der Waals surface area (Å²) in [6, 6.07) is 9.93. The maximum atomic E-state index is 17.1. The molecule has 64 heavy (non-hydrogen) atoms. The molecule has 0 spiro atoms. The van der Waals surface area contributed by atoms with Gasteiger partial charge in [-0.05, 0) is 98.2 Å². The van der Waals surface area contributed by atoms with Gasteiger partial charge in [-0.25, -0.2) is 8.78 Å². The number of pyridine rings is 1. The first-order chi connectivity index (χ1) is 30.7. The Hall–Kier alpha value is -6.33. The Morgan fingerprint density at radius 2 is 1.69 bits per heavy atom. The van der Waals surface area contributed by atoms with Gasteiger partial charge in [-0.2, -0.15) is 9.97 Å². The molecule has 5 aliphatic rings. The molecular weight excluding hydrogens is 827 g/mol. The van der Waals surface area contributed by atoms with Crippen molar-refractivity contribution < 1.29 is 42.9 Å². The number of aryl methyl sites for hydroxylation is 1. The molecule has 6 heterocycles. The van der Waals surface area contributed by atoms with Crippen LogP contribution in [0.1, 0.15) is 78.7 Å². The number of ether oxygens (including phenoxy) is 1. The molecule has 1 unspecified atom stereocenters. The van der Waals surface area contributed by atoms with Crippen LogP contribution in [0.2, 0.25) is 0 Å². The van der Waals surface area contributed by atoms with Gasteiger partial charge in [-0.3, -0.25) is 39.3 Å². The van der Waals surface area contributed by atoms with Crippen molar-refractivity contribution in [1.82, 2.24) is 30.1 Å². The number of phenols is 1. The molecule has 2 aromatic heterocycles. The molecule has 332 valence electrons. The Kier molecular flexibility index (Phi) is 10.2. The first-order valence-corrected chi connectivity index (χ1v) is 22.0. The summed E-state index contributed by atoms with van der Waals surface area (Å²) < 4.78 is 38.6. The molecule has 15 nitrogen and oxygen atoms in total. The number of aromatic hydroxyl groups is 1. The molecule has 4 fully saturated rings. The first-order valence-electron chi connectivity index (χ1n) is 22.0. The number of carbonyl (C=O) groups is 4. The van der Waals surface area contributed by atoms with Crippen molar-refractivity contribution in [3.05, 3.63) is 77.0 Å². The molecule has 1 saturated carbocycles. The number of imide groups is 2. The lowest BCUT2D eigenvalue weighted by molar-refractivity contribution is -0.136. The zero-order valence-electron chi connectivity index (χ0n) is 35.6. The maximum absolute atomic E-state index is 17.1. The number of fused-ring (bicyclic) bond motifs is 3. The summed E-state index contributed by atoms with van der Waals surface area (Å²) in [7, 11) is 0. The number of piperidine rings is 2. The van der Waals surface area contributed by atoms with Crippen LogP contribution in [0, 0.1) is 17.0 Å². The summed E-state index contributed by atoms with van der Waals surface area (Å²) in [6.45, 7) is 8.24. The van der Waals surface area contributed by atoms with E-state index in [1.165, 1.54) is 24.4 Å². The number of phenolic OH excluding ortho intramolecular Hbond substituents is 1. The van der Waals surface area contributed by atoms with Crippen molar-refractivity contribution >= 4 is 56.8 Å². The number of carbonyl (C=O) groups excluding carboxylic acids is 4. The van der Waals surface area contributed by atoms with Crippen LogP contribution in [-0.4, -0.2) is 123 Å². The van der Waals surface area contributed by atoms with Crippen LogP contribution in [0.3, 0.4) is 0 Å². The van der Waals surface area contributed by atoms with E-state index in [1.807, 2.05) is 17.9 Å². The zero-order chi connectivity index (χ0) is 44.7. The second-order valence-corrected chi connectivity index (χ2v) is 18.2. The lowest BCUT2D eigenvalue weighted by Crippen LogP contribution is -2.54. The third kappa shape index (κ3) is 7.43. The van der Waals surface area contributed by atoms with E-state index in [0.29, 0.717) is 66.4 Å². The van der Waals surface area contributed by atoms with Crippen LogP contribution < -0.4 is 19.9 Å². The highest BCUT2D eigenvalue weighted by atomic mass is 19.1. The number of aromatic nitrogens is 3. The molecule has 5 aromatic rings. The zero-order valence-corrected chi connectivity index (χ0v) is 35.6. The molecule has 3 N–H and O–H groups in total. The van der Waals surface area contributed by atoms with Gasteiger partial charge in [0.2, 0.25) is 11.8 Å². The molecule has 4 amide bonds. The van der Waals surface area contributed by atoms with Gasteiger partial charge in [0.25, 0.3) is 11.8 Å². The predicted molar refractivity (Wildman–Crippen MR) is 232 cm³/mol. The van der Waals surface area contributed by atoms with Gasteiger partial charge >= 0.3 is 6.01 Å². The van der Waals surface area contributed by atoms with E-state index in [2.05, 4.69) is 25.1 Å². The number of halogens is 2. The van der Waals surface area contributed by atoms with Crippen LogP contribution in [0.5, 0.6) is 11.8 Å². The molecule has 3 saturated heterocycles. The Balaban J connectivity index is 0.868. The Morgan fingerprint density at radius 3 is 2.42 bits per heavy atom. The topological polar surface area (TPSA) is 182 Å². The van der Waals surface area contributed by atoms with Crippen LogP contribution in [0.4, 0.5) is 20.3 Å². The standard InChI is InChI=1S/C47H48F2N8O7/c1-3-29-34(48)8-5-26-19-28(58)21-32(37(26)29)39-38(49)40-33(22-50-39)41(56-14-4-11-46(2,63)23-56)53-45(52-40)64-25-47(12-13-47)24-54-15-17-55(18-16-54)27-6-7-30-31(20-27)44(62)57(43(30)61)35-9-10-36(59)51-42(35)60/h5-8,19-22,35,58,63H,3-4,9-18,23-25H2,1-2H3,(H,51,59,60)/t35?,46-/m1/s1. The minimum absolute atomic E-state index is 0.0123. The SMILES string of the molecule is CCc1c(F)ccc2cc(O)cc(-c3ncc4c(N5CCC[C@@](C)(O)C5)nc(OCC5(CN6CCN(c7ccc8c(c7)C(=O)N(C7CCC(=O)NC7=O)C8=O)CC6)CC5)nc4c3F)c12. The molecule has 1 aliphatic carbocycles. The van der Waals surface area contributed by atoms with E-state index in [4.69, 9.17) is 9.72 Å². The maximum Gasteiger partial charge on any atom is 0.319 e. The average Bonchev–Trinajstić information content (AvgIpc) is 3.99. The Bertz CT molecular complexity index is 2790. The third-order valence-corrected chi connectivity index (χ3v) is 13.6. The van der Waals surface area contributed by atoms with Crippen molar-refractivity contribution in [2.45, 2.75) is 70.4 Å². The van der Waals surface area contributed by atoms with E-state index < -0.39 is 46.9 Å². The summed E-state index contributed by atoms with van der Waals surface area (Å²) in [5.41, 5.74) is 0.590. The number of β-amino-alcohol motifs (C(OH)–C–C–N with tert-alkyl or cyclic N) is 1. The van der Waals surface area contributed by atoms with Crippen molar-refractivity contribution in [3.63, 3.8) is 0 Å². The molecule has 17 heteroatoms. The van der Waals surface area contributed by atoms with Gasteiger partial charge < -0.3 is 24.7 Å². The Morgan fingerprint density at radius 1 is 0.906 bits per heavy atom. The number of rotatable bonds is 10. The summed E-state index contributed by atoms with van der Waals surface area (Å²) in [5, 5.41) is 25.3. The fourth-order valence-corrected chi connectivity index (χ4v) is 9.98. The van der Waals surface area contributed by atoms with Crippen molar-refractivity contribution in [2.24, 2.45) is 5.41 Å². The van der Waals surface area contributed by atoms with Gasteiger partial charge in [-0.15, -0.1) is 0 Å². The van der Waals surface area contributed by atoms with Crippen LogP contribution in [0.15, 0.2) is 48.7 Å². The van der Waals surface area contributed by atoms with E-state index >= 15 is 8.78 Å². The number of aliphatic hydroxyl groups is 1. The van der Waals surface area contributed by atoms with Crippen LogP contribution >= 0.6 is 0 Å². The van der Waals surface area contributed by atoms with Crippen molar-refractivity contribution in [3.8, 4) is 23.0 Å². The highest BCUT2D eigenvalue weighted by Crippen LogP contribution is 2.47. The second-order valence-electron chi connectivity index (χ2n) is 18.2. The van der Waals surface area contributed by atoms with Crippen LogP contribution in [-0.2, 0) is 16.0 Å². The number of piperazine rings is 1. The van der Waals surface area contributed by atoms with E-state index in [9.17, 15) is 29.4 Å². The number of nitrogens with zero attached hydrogens (tertiary/aromatic N) is 7. The number of anilines is 2. The minimum Gasteiger partial charge on any atom is -0.508 e. The number of hydrogen-bond donors (Lipinski definition) is 3. The molecule has 10 rings (SSSR count). The fourth-order valence-electron chi connectivity index (χ4n) is 9.98. The van der Waals surface area contributed by atoms with Gasteiger partial charge in [0.05, 0.1) is 28.7 Å². The van der Waals surface area contributed by atoms with Crippen molar-refractivity contribution in [1.29, 1.82) is 0 Å². The van der Waals surface area contributed by atoms with Gasteiger partial charge in [0, 0.05) is 75.1 Å². The first kappa shape index (κ1) is 41.7. The lowest BCUT2D eigenvalue weighted by atomic mass is 9.94. The Labute approximate surface area is 367 Å². The monoisotopic (exact) mass is 874 g/mol. The van der Waals surface area contributed by atoms with Gasteiger partial charge in [0.15, 0.2) is 5.82 Å². The van der Waals surface area contributed by atoms with E-state index in [1.54, 1.807) is 25.1 Å². The van der Waals surface area contributed by atoms with Crippen LogP contribution in [0.25, 0.3) is 32.9 Å². The molecule has 4 aliphatic heterocycles. The largest absolute Gasteiger partial charge is 0.508 e. The summed E-state index contributed by atoms with van der Waals surface area (Å²) in [5.74, 6) is -3.07. The van der Waals surface area contributed by atoms with E-state index in [0.717, 1.165) is 43.1 Å². The number of amides is 4. The highest BCUT2D eigenvalue weighted by Gasteiger charge is 2.47. The van der Waals surface area contributed by atoms with Gasteiger partial charge in [-0.1, -0.05) is 13.0 Å². The van der Waals surface area contributed by atoms with Gasteiger partial charge in [0.1, 0.15) is 34.6 Å². The number of benzene rings is 3. The second kappa shape index (κ2) is 15.7. The number of nitrogens with one attached hydrogen (secondary N) is 1. The minimum atomic E-state index is -1.02. The molecule has 3 aromatic carbocycles. The molecule has 2 atom stereocenters. The molecule has 0 bridgehead atoms. The average molecular weight is 875 g/mol. The molecular formula is C47H48F2N8O7. The third-order valence-electron chi connectivity index (χ3n) is 13.6. The number of hydrogen-bond acceptors (Lipinski definition) is 13. The van der Waals surface area contributed by atoms with Crippen molar-refractivity contribution in [2.75, 3.05) is 62.2 Å². The summed E-state index contributed by atoms with van der Waals surface area (Å²) in [4.78, 5) is 72.3. The fraction of sp³-hybridized carbons (Fsp3) is 0.426. The lowest BCUT2D eigenvalue weighted by Gasteiger charge is -2.38. The molecule has 0 radical (unpaired) electrons. The highest BCUT2D eigenvalue weighted by molar-refractivity contribution is 6.23. The quantitative estimate of drug-likeness (QED) is 0.158.